The quantitative estimate of drug-likeness (QED) is 0.877. The summed E-state index contributed by atoms with van der Waals surface area (Å²) in [6.45, 7) is 4.14. The van der Waals surface area contributed by atoms with Gasteiger partial charge in [-0.15, -0.1) is 12.4 Å². The standard InChI is InChI=1S/C13H18BrN3O2.ClH/c1-13(8-15)4-5-16(9-13)12(19)7-17-6-10(14)2-3-11(17)18;/h2-3,6H,4-5,7-9,15H2,1H3;1H. The number of carbonyl (C=O) groups excluding carboxylic acids is 1. The summed E-state index contributed by atoms with van der Waals surface area (Å²) in [5.41, 5.74) is 5.57. The van der Waals surface area contributed by atoms with Gasteiger partial charge in [-0.3, -0.25) is 9.59 Å². The first-order chi connectivity index (χ1) is 8.93. The average molecular weight is 365 g/mol. The summed E-state index contributed by atoms with van der Waals surface area (Å²) < 4.78 is 2.21. The molecule has 1 saturated heterocycles. The molecule has 1 aromatic rings. The fourth-order valence-corrected chi connectivity index (χ4v) is 2.65. The predicted molar refractivity (Wildman–Crippen MR) is 84.0 cm³/mol. The van der Waals surface area contributed by atoms with Crippen LogP contribution in [0.15, 0.2) is 27.6 Å². The SMILES string of the molecule is CC1(CN)CCN(C(=O)Cn2cc(Br)ccc2=O)C1.Cl. The third kappa shape index (κ3) is 3.84. The number of halogens is 2. The number of hydrogen-bond acceptors (Lipinski definition) is 3. The van der Waals surface area contributed by atoms with Crippen molar-refractivity contribution in [2.24, 2.45) is 11.1 Å². The van der Waals surface area contributed by atoms with Crippen LogP contribution in [0, 0.1) is 5.41 Å². The summed E-state index contributed by atoms with van der Waals surface area (Å²) in [5.74, 6) is -0.0302. The number of nitrogens with zero attached hydrogens (tertiary/aromatic N) is 2. The van der Waals surface area contributed by atoms with E-state index in [2.05, 4.69) is 22.9 Å². The highest BCUT2D eigenvalue weighted by atomic mass is 79.9. The van der Waals surface area contributed by atoms with Gasteiger partial charge in [-0.25, -0.2) is 0 Å². The minimum atomic E-state index is -0.169. The van der Waals surface area contributed by atoms with Crippen LogP contribution in [-0.2, 0) is 11.3 Å². The lowest BCUT2D eigenvalue weighted by molar-refractivity contribution is -0.131. The second-order valence-electron chi connectivity index (χ2n) is 5.39. The molecule has 1 unspecified atom stereocenters. The molecule has 0 aromatic carbocycles. The number of likely N-dealkylation sites (tertiary alicyclic amines) is 1. The van der Waals surface area contributed by atoms with Crippen molar-refractivity contribution >= 4 is 34.2 Å². The van der Waals surface area contributed by atoms with Gasteiger partial charge in [0.25, 0.3) is 5.56 Å². The molecule has 0 bridgehead atoms. The van der Waals surface area contributed by atoms with Crippen molar-refractivity contribution in [1.29, 1.82) is 0 Å². The first kappa shape index (κ1) is 17.2. The Labute approximate surface area is 132 Å². The van der Waals surface area contributed by atoms with Crippen molar-refractivity contribution in [3.8, 4) is 0 Å². The average Bonchev–Trinajstić information content (AvgIpc) is 2.77. The van der Waals surface area contributed by atoms with Crippen LogP contribution in [0.2, 0.25) is 0 Å². The molecule has 2 heterocycles. The minimum Gasteiger partial charge on any atom is -0.341 e. The van der Waals surface area contributed by atoms with Crippen molar-refractivity contribution in [1.82, 2.24) is 9.47 Å². The zero-order valence-corrected chi connectivity index (χ0v) is 13.7. The van der Waals surface area contributed by atoms with E-state index in [0.717, 1.165) is 17.4 Å². The molecule has 0 radical (unpaired) electrons. The summed E-state index contributed by atoms with van der Waals surface area (Å²) in [6, 6.07) is 3.12. The van der Waals surface area contributed by atoms with Gasteiger partial charge in [0.05, 0.1) is 0 Å². The monoisotopic (exact) mass is 363 g/mol. The van der Waals surface area contributed by atoms with Crippen LogP contribution in [0.1, 0.15) is 13.3 Å². The Morgan fingerprint density at radius 2 is 2.20 bits per heavy atom. The van der Waals surface area contributed by atoms with Crippen LogP contribution in [-0.4, -0.2) is 35.0 Å². The molecule has 1 atom stereocenters. The molecule has 2 rings (SSSR count). The number of amides is 1. The van der Waals surface area contributed by atoms with Crippen LogP contribution in [0.4, 0.5) is 0 Å². The molecule has 2 N–H and O–H groups in total. The van der Waals surface area contributed by atoms with Crippen LogP contribution < -0.4 is 11.3 Å². The first-order valence-electron chi connectivity index (χ1n) is 6.27. The molecule has 1 aliphatic rings. The molecule has 0 saturated carbocycles. The van der Waals surface area contributed by atoms with E-state index in [1.54, 1.807) is 17.2 Å². The normalized spacial score (nSPS) is 21.6. The summed E-state index contributed by atoms with van der Waals surface area (Å²) in [6.07, 6.45) is 2.56. The first-order valence-corrected chi connectivity index (χ1v) is 7.07. The Kier molecular flexibility index (Phi) is 5.79. The Balaban J connectivity index is 0.00000200. The molecule has 5 nitrogen and oxygen atoms in total. The maximum atomic E-state index is 12.2. The van der Waals surface area contributed by atoms with Crippen LogP contribution in [0.5, 0.6) is 0 Å². The zero-order chi connectivity index (χ0) is 14.0. The van der Waals surface area contributed by atoms with E-state index in [9.17, 15) is 9.59 Å². The number of carbonyl (C=O) groups is 1. The summed E-state index contributed by atoms with van der Waals surface area (Å²) in [7, 11) is 0. The fourth-order valence-electron chi connectivity index (χ4n) is 2.27. The molecule has 0 aliphatic carbocycles. The van der Waals surface area contributed by atoms with E-state index >= 15 is 0 Å². The Morgan fingerprint density at radius 1 is 1.50 bits per heavy atom. The van der Waals surface area contributed by atoms with E-state index in [1.165, 1.54) is 10.6 Å². The maximum Gasteiger partial charge on any atom is 0.251 e. The van der Waals surface area contributed by atoms with E-state index < -0.39 is 0 Å². The molecule has 0 spiro atoms. The lowest BCUT2D eigenvalue weighted by atomic mass is 9.90. The summed E-state index contributed by atoms with van der Waals surface area (Å²) in [4.78, 5) is 25.6. The van der Waals surface area contributed by atoms with Crippen molar-refractivity contribution in [2.45, 2.75) is 19.9 Å². The highest BCUT2D eigenvalue weighted by Gasteiger charge is 2.34. The van der Waals surface area contributed by atoms with Gasteiger partial charge in [0.1, 0.15) is 6.54 Å². The van der Waals surface area contributed by atoms with E-state index in [1.807, 2.05) is 0 Å². The molecule has 20 heavy (non-hydrogen) atoms. The summed E-state index contributed by atoms with van der Waals surface area (Å²) >= 11 is 3.30. The molecule has 7 heteroatoms. The molecule has 1 aromatic heterocycles. The molecule has 112 valence electrons. The molecule has 1 aliphatic heterocycles. The van der Waals surface area contributed by atoms with Crippen LogP contribution in [0.25, 0.3) is 0 Å². The zero-order valence-electron chi connectivity index (χ0n) is 11.3. The third-order valence-electron chi connectivity index (χ3n) is 3.66. The smallest absolute Gasteiger partial charge is 0.251 e. The van der Waals surface area contributed by atoms with Crippen LogP contribution in [0.3, 0.4) is 0 Å². The van der Waals surface area contributed by atoms with Gasteiger partial charge < -0.3 is 15.2 Å². The van der Waals surface area contributed by atoms with Crippen molar-refractivity contribution in [2.75, 3.05) is 19.6 Å². The lowest BCUT2D eigenvalue weighted by Gasteiger charge is -2.22. The topological polar surface area (TPSA) is 68.3 Å². The number of hydrogen-bond donors (Lipinski definition) is 1. The van der Waals surface area contributed by atoms with Gasteiger partial charge in [-0.2, -0.15) is 0 Å². The van der Waals surface area contributed by atoms with E-state index in [0.29, 0.717) is 13.1 Å². The highest BCUT2D eigenvalue weighted by Crippen LogP contribution is 2.28. The molecular formula is C13H19BrClN3O2. The fraction of sp³-hybridized carbons (Fsp3) is 0.538. The second-order valence-corrected chi connectivity index (χ2v) is 6.31. The van der Waals surface area contributed by atoms with Gasteiger partial charge in [-0.1, -0.05) is 6.92 Å². The Morgan fingerprint density at radius 3 is 2.80 bits per heavy atom. The highest BCUT2D eigenvalue weighted by molar-refractivity contribution is 9.10. The molecule has 1 amide bonds. The van der Waals surface area contributed by atoms with Gasteiger partial charge in [0.2, 0.25) is 5.91 Å². The van der Waals surface area contributed by atoms with Gasteiger partial charge >= 0.3 is 0 Å². The van der Waals surface area contributed by atoms with Crippen molar-refractivity contribution < 1.29 is 4.79 Å². The van der Waals surface area contributed by atoms with Crippen molar-refractivity contribution in [3.05, 3.63) is 33.2 Å². The largest absolute Gasteiger partial charge is 0.341 e. The third-order valence-corrected chi connectivity index (χ3v) is 4.13. The summed E-state index contributed by atoms with van der Waals surface area (Å²) in [5, 5.41) is 0. The molecule has 1 fully saturated rings. The maximum absolute atomic E-state index is 12.2. The number of nitrogens with two attached hydrogens (primary N) is 1. The molecular weight excluding hydrogens is 346 g/mol. The van der Waals surface area contributed by atoms with Crippen molar-refractivity contribution in [3.63, 3.8) is 0 Å². The number of rotatable bonds is 3. The number of pyridine rings is 1. The second kappa shape index (κ2) is 6.74. The Hall–Kier alpha value is -0.850. The van der Waals surface area contributed by atoms with E-state index in [4.69, 9.17) is 5.73 Å². The van der Waals surface area contributed by atoms with Gasteiger partial charge in [-0.05, 0) is 40.4 Å². The van der Waals surface area contributed by atoms with Crippen LogP contribution >= 0.6 is 28.3 Å². The van der Waals surface area contributed by atoms with E-state index in [-0.39, 0.29) is 35.8 Å². The Bertz CT molecular complexity index is 549. The van der Waals surface area contributed by atoms with Gasteiger partial charge in [0.15, 0.2) is 0 Å². The van der Waals surface area contributed by atoms with Gasteiger partial charge in [0, 0.05) is 29.8 Å². The predicted octanol–water partition coefficient (Wildman–Crippen LogP) is 1.23. The number of aromatic nitrogens is 1. The minimum absolute atomic E-state index is 0. The lowest BCUT2D eigenvalue weighted by Crippen LogP contribution is -2.37.